The van der Waals surface area contributed by atoms with Crippen LogP contribution in [0.15, 0.2) is 0 Å². The lowest BCUT2D eigenvalue weighted by Crippen LogP contribution is -2.54. The molecule has 0 bridgehead atoms. The third kappa shape index (κ3) is 3.36. The van der Waals surface area contributed by atoms with Gasteiger partial charge in [-0.3, -0.25) is 5.41 Å². The van der Waals surface area contributed by atoms with Gasteiger partial charge in [0.15, 0.2) is 0 Å². The van der Waals surface area contributed by atoms with E-state index in [-0.39, 0.29) is 0 Å². The Morgan fingerprint density at radius 1 is 1.00 bits per heavy atom. The number of hydrogen-bond acceptors (Lipinski definition) is 2. The van der Waals surface area contributed by atoms with Gasteiger partial charge < -0.3 is 10.5 Å². The number of ether oxygens (including phenoxy) is 1. The topological polar surface area (TPSA) is 59.1 Å². The van der Waals surface area contributed by atoms with Crippen molar-refractivity contribution in [2.75, 3.05) is 6.61 Å². The third-order valence-corrected chi connectivity index (χ3v) is 10.0. The summed E-state index contributed by atoms with van der Waals surface area (Å²) in [7, 11) is 0. The van der Waals surface area contributed by atoms with E-state index >= 15 is 0 Å². The van der Waals surface area contributed by atoms with Crippen molar-refractivity contribution in [2.24, 2.45) is 46.2 Å². The van der Waals surface area contributed by atoms with Crippen LogP contribution in [0.4, 0.5) is 0 Å². The average molecular weight is 375 g/mol. The molecule has 4 aliphatic carbocycles. The summed E-state index contributed by atoms with van der Waals surface area (Å²) in [6.07, 6.45) is 14.8. The van der Waals surface area contributed by atoms with Crippen molar-refractivity contribution in [2.45, 2.75) is 97.5 Å². The van der Waals surface area contributed by atoms with E-state index in [1.807, 2.05) is 0 Å². The summed E-state index contributed by atoms with van der Waals surface area (Å²) in [6.45, 7) is 8.59. The Hall–Kier alpha value is -0.570. The van der Waals surface area contributed by atoms with E-state index in [1.54, 1.807) is 0 Å². The first kappa shape index (κ1) is 19.7. The van der Waals surface area contributed by atoms with Gasteiger partial charge in [-0.1, -0.05) is 20.8 Å². The molecule has 0 radical (unpaired) electrons. The van der Waals surface area contributed by atoms with Crippen LogP contribution >= 0.6 is 0 Å². The lowest BCUT2D eigenvalue weighted by Gasteiger charge is -2.61. The second kappa shape index (κ2) is 7.35. The highest BCUT2D eigenvalue weighted by Crippen LogP contribution is 2.67. The fraction of sp³-hybridized carbons (Fsp3) is 0.958. The number of nitrogens with one attached hydrogen (secondary N) is 1. The maximum atomic E-state index is 7.35. The van der Waals surface area contributed by atoms with Crippen LogP contribution in [0.3, 0.4) is 0 Å². The lowest BCUT2D eigenvalue weighted by molar-refractivity contribution is -0.133. The molecule has 0 amide bonds. The average Bonchev–Trinajstić information content (AvgIpc) is 2.94. The van der Waals surface area contributed by atoms with Crippen molar-refractivity contribution in [3.8, 4) is 0 Å². The van der Waals surface area contributed by atoms with Crippen LogP contribution in [0, 0.1) is 45.8 Å². The molecule has 3 nitrogen and oxygen atoms in total. The maximum Gasteiger partial charge on any atom is 0.0906 e. The van der Waals surface area contributed by atoms with Crippen molar-refractivity contribution < 1.29 is 4.74 Å². The fourth-order valence-electron chi connectivity index (χ4n) is 8.15. The molecule has 4 fully saturated rings. The molecule has 4 aliphatic rings. The second-order valence-electron chi connectivity index (χ2n) is 11.1. The first-order valence-electron chi connectivity index (χ1n) is 11.8. The van der Waals surface area contributed by atoms with Crippen molar-refractivity contribution in [3.63, 3.8) is 0 Å². The van der Waals surface area contributed by atoms with E-state index in [2.05, 4.69) is 20.8 Å². The smallest absolute Gasteiger partial charge is 0.0906 e. The Balaban J connectivity index is 1.38. The van der Waals surface area contributed by atoms with E-state index in [0.29, 0.717) is 29.2 Å². The van der Waals surface area contributed by atoms with E-state index < -0.39 is 0 Å². The predicted molar refractivity (Wildman–Crippen MR) is 112 cm³/mol. The maximum absolute atomic E-state index is 7.35. The predicted octanol–water partition coefficient (Wildman–Crippen LogP) is 5.77. The van der Waals surface area contributed by atoms with Crippen LogP contribution in [0.2, 0.25) is 0 Å². The van der Waals surface area contributed by atoms with Crippen LogP contribution in [-0.4, -0.2) is 18.5 Å². The van der Waals surface area contributed by atoms with E-state index in [4.69, 9.17) is 15.9 Å². The fourth-order valence-corrected chi connectivity index (χ4v) is 8.15. The number of amidine groups is 1. The van der Waals surface area contributed by atoms with Crippen LogP contribution in [0.1, 0.15) is 91.4 Å². The number of rotatable bonds is 5. The van der Waals surface area contributed by atoms with Crippen LogP contribution < -0.4 is 5.73 Å². The Labute approximate surface area is 166 Å². The molecule has 0 heterocycles. The van der Waals surface area contributed by atoms with Gasteiger partial charge in [-0.05, 0) is 105 Å². The molecule has 0 aromatic rings. The Morgan fingerprint density at radius 3 is 2.52 bits per heavy atom. The molecular formula is C24H42N2O. The van der Waals surface area contributed by atoms with Gasteiger partial charge in [-0.2, -0.15) is 0 Å². The first-order valence-corrected chi connectivity index (χ1v) is 11.8. The Morgan fingerprint density at radius 2 is 1.74 bits per heavy atom. The van der Waals surface area contributed by atoms with E-state index in [9.17, 15) is 0 Å². The van der Waals surface area contributed by atoms with Gasteiger partial charge in [0.25, 0.3) is 0 Å². The van der Waals surface area contributed by atoms with Gasteiger partial charge >= 0.3 is 0 Å². The molecule has 0 aromatic carbocycles. The summed E-state index contributed by atoms with van der Waals surface area (Å²) >= 11 is 0. The zero-order chi connectivity index (χ0) is 19.2. The minimum absolute atomic E-state index is 0.290. The summed E-state index contributed by atoms with van der Waals surface area (Å²) in [5.74, 6) is 5.08. The quantitative estimate of drug-likeness (QED) is 0.365. The van der Waals surface area contributed by atoms with Gasteiger partial charge in [0.05, 0.1) is 11.9 Å². The van der Waals surface area contributed by atoms with Crippen LogP contribution in [-0.2, 0) is 4.74 Å². The minimum Gasteiger partial charge on any atom is -0.388 e. The van der Waals surface area contributed by atoms with Gasteiger partial charge in [-0.15, -0.1) is 0 Å². The van der Waals surface area contributed by atoms with Crippen molar-refractivity contribution in [1.82, 2.24) is 0 Å². The van der Waals surface area contributed by atoms with Crippen LogP contribution in [0.25, 0.3) is 0 Å². The van der Waals surface area contributed by atoms with Crippen molar-refractivity contribution >= 4 is 5.84 Å². The summed E-state index contributed by atoms with van der Waals surface area (Å²) < 4.78 is 6.21. The highest BCUT2D eigenvalue weighted by atomic mass is 16.5. The Bertz CT molecular complexity index is 563. The van der Waals surface area contributed by atoms with E-state index in [1.165, 1.54) is 57.8 Å². The molecule has 4 saturated carbocycles. The zero-order valence-electron chi connectivity index (χ0n) is 17.9. The molecule has 4 rings (SSSR count). The number of hydrogen-bond donors (Lipinski definition) is 2. The highest BCUT2D eigenvalue weighted by molar-refractivity contribution is 5.76. The van der Waals surface area contributed by atoms with Gasteiger partial charge in [-0.25, -0.2) is 0 Å². The SMILES string of the molecule is C[C@H]1CCC2C3CCC4C[C@@H](OCCCC(=N)N)CC[C@]4(C)C3CC[C@@]21C. The summed E-state index contributed by atoms with van der Waals surface area (Å²) in [6, 6.07) is 0. The summed E-state index contributed by atoms with van der Waals surface area (Å²) in [4.78, 5) is 0. The molecule has 0 aromatic heterocycles. The molecule has 4 unspecified atom stereocenters. The van der Waals surface area contributed by atoms with Crippen molar-refractivity contribution in [3.05, 3.63) is 0 Å². The zero-order valence-corrected chi connectivity index (χ0v) is 17.9. The summed E-state index contributed by atoms with van der Waals surface area (Å²) in [5.41, 5.74) is 6.67. The van der Waals surface area contributed by atoms with Gasteiger partial charge in [0, 0.05) is 13.0 Å². The molecule has 3 N–H and O–H groups in total. The normalized spacial score (nSPS) is 49.1. The molecule has 0 saturated heterocycles. The molecule has 27 heavy (non-hydrogen) atoms. The molecule has 154 valence electrons. The first-order chi connectivity index (χ1) is 12.8. The highest BCUT2D eigenvalue weighted by Gasteiger charge is 2.59. The third-order valence-electron chi connectivity index (χ3n) is 10.0. The largest absolute Gasteiger partial charge is 0.388 e. The van der Waals surface area contributed by atoms with E-state index in [0.717, 1.165) is 42.6 Å². The number of nitrogens with two attached hydrogens (primary N) is 1. The molecular weight excluding hydrogens is 332 g/mol. The van der Waals surface area contributed by atoms with Crippen molar-refractivity contribution in [1.29, 1.82) is 5.41 Å². The standard InChI is InChI=1S/C24H42N2O/c1-16-6-9-20-19-8-7-17-15-18(27-14-4-5-22(25)26)10-12-24(17,3)21(19)11-13-23(16,20)2/h16-21H,4-15H2,1-3H3,(H3,25,26)/t16-,17?,18-,19?,20?,21?,23+,24-/m0/s1. The minimum atomic E-state index is 0.290. The molecule has 8 atom stereocenters. The Kier molecular flexibility index (Phi) is 5.37. The molecule has 0 aliphatic heterocycles. The lowest BCUT2D eigenvalue weighted by atomic mass is 9.45. The molecule has 0 spiro atoms. The summed E-state index contributed by atoms with van der Waals surface area (Å²) in [5, 5.41) is 7.35. The monoisotopic (exact) mass is 374 g/mol. The van der Waals surface area contributed by atoms with Gasteiger partial charge in [0.1, 0.15) is 0 Å². The van der Waals surface area contributed by atoms with Crippen LogP contribution in [0.5, 0.6) is 0 Å². The molecule has 3 heteroatoms. The van der Waals surface area contributed by atoms with Gasteiger partial charge in [0.2, 0.25) is 0 Å². The second-order valence-corrected chi connectivity index (χ2v) is 11.1. The number of fused-ring (bicyclic) bond motifs is 5.